The van der Waals surface area contributed by atoms with Gasteiger partial charge in [-0.2, -0.15) is 5.10 Å². The van der Waals surface area contributed by atoms with Crippen molar-refractivity contribution in [2.24, 2.45) is 7.05 Å². The van der Waals surface area contributed by atoms with E-state index in [0.717, 1.165) is 5.69 Å². The Bertz CT molecular complexity index is 245. The van der Waals surface area contributed by atoms with Crippen molar-refractivity contribution in [3.05, 3.63) is 11.4 Å². The number of rotatable bonds is 1. The van der Waals surface area contributed by atoms with Gasteiger partial charge in [0.15, 0.2) is 0 Å². The average molecular weight is 166 g/mol. The van der Waals surface area contributed by atoms with E-state index in [4.69, 9.17) is 13.0 Å². The van der Waals surface area contributed by atoms with E-state index in [1.807, 2.05) is 20.8 Å². The molecular formula is C8H15BN2O. The number of hydrogen-bond donors (Lipinski definition) is 1. The monoisotopic (exact) mass is 166 g/mol. The van der Waals surface area contributed by atoms with Crippen molar-refractivity contribution in [2.45, 2.75) is 27.4 Å². The molecule has 0 aliphatic rings. The van der Waals surface area contributed by atoms with Crippen LogP contribution in [0.4, 0.5) is 0 Å². The Morgan fingerprint density at radius 3 is 2.17 bits per heavy atom. The second-order valence-corrected chi connectivity index (χ2v) is 2.23. The van der Waals surface area contributed by atoms with E-state index < -0.39 is 0 Å². The predicted molar refractivity (Wildman–Crippen MR) is 50.6 cm³/mol. The van der Waals surface area contributed by atoms with Crippen molar-refractivity contribution in [1.29, 1.82) is 0 Å². The third-order valence-corrected chi connectivity index (χ3v) is 1.54. The first kappa shape index (κ1) is 11.2. The first-order valence-electron chi connectivity index (χ1n) is 4.05. The molecule has 0 unspecified atom stereocenters. The zero-order valence-electron chi connectivity index (χ0n) is 8.13. The van der Waals surface area contributed by atoms with Gasteiger partial charge in [-0.15, -0.1) is 0 Å². The smallest absolute Gasteiger partial charge is 0.119 e. The molecule has 12 heavy (non-hydrogen) atoms. The molecule has 3 nitrogen and oxygen atoms in total. The van der Waals surface area contributed by atoms with Crippen LogP contribution in [-0.4, -0.2) is 22.7 Å². The van der Waals surface area contributed by atoms with Crippen LogP contribution in [0.15, 0.2) is 0 Å². The second kappa shape index (κ2) is 4.98. The summed E-state index contributed by atoms with van der Waals surface area (Å²) in [6.45, 7) is 5.76. The first-order chi connectivity index (χ1) is 5.66. The normalized spacial score (nSPS) is 9.08. The van der Waals surface area contributed by atoms with Crippen LogP contribution in [0.1, 0.15) is 25.2 Å². The second-order valence-electron chi connectivity index (χ2n) is 2.23. The van der Waals surface area contributed by atoms with Crippen LogP contribution in [0.3, 0.4) is 0 Å². The van der Waals surface area contributed by atoms with Crippen molar-refractivity contribution in [2.75, 3.05) is 0 Å². The fraction of sp³-hybridized carbons (Fsp3) is 0.625. The minimum absolute atomic E-state index is 0.0524. The van der Waals surface area contributed by atoms with Gasteiger partial charge in [-0.25, -0.2) is 0 Å². The molecule has 4 heteroatoms. The lowest BCUT2D eigenvalue weighted by Gasteiger charge is -1.96. The van der Waals surface area contributed by atoms with Gasteiger partial charge in [0, 0.05) is 7.05 Å². The molecule has 1 rings (SSSR count). The topological polar surface area (TPSA) is 38.0 Å². The first-order valence-corrected chi connectivity index (χ1v) is 4.05. The van der Waals surface area contributed by atoms with Gasteiger partial charge < -0.3 is 5.11 Å². The van der Waals surface area contributed by atoms with Gasteiger partial charge in [-0.05, 0) is 6.92 Å². The highest BCUT2D eigenvalue weighted by Gasteiger charge is 2.05. The average Bonchev–Trinajstić information content (AvgIpc) is 2.31. The van der Waals surface area contributed by atoms with Gasteiger partial charge in [-0.3, -0.25) is 4.68 Å². The van der Waals surface area contributed by atoms with E-state index in [1.165, 1.54) is 0 Å². The van der Waals surface area contributed by atoms with Crippen LogP contribution in [0.2, 0.25) is 0 Å². The SMILES string of the molecule is CC.[B]c1c(C)nn(C)c1CO. The van der Waals surface area contributed by atoms with Crippen LogP contribution in [-0.2, 0) is 13.7 Å². The van der Waals surface area contributed by atoms with Gasteiger partial charge in [0.05, 0.1) is 18.0 Å². The lowest BCUT2D eigenvalue weighted by atomic mass is 9.94. The largest absolute Gasteiger partial charge is 0.390 e. The lowest BCUT2D eigenvalue weighted by Crippen LogP contribution is -2.11. The number of nitrogens with zero attached hydrogens (tertiary/aromatic N) is 2. The van der Waals surface area contributed by atoms with Crippen molar-refractivity contribution < 1.29 is 5.11 Å². The molecule has 0 atom stereocenters. The molecule has 0 spiro atoms. The number of hydrogen-bond acceptors (Lipinski definition) is 2. The standard InChI is InChI=1S/C6H9BN2O.C2H6/c1-4-6(7)5(3-10)9(2)8-4;1-2/h10H,3H2,1-2H3;1-2H3. The summed E-state index contributed by atoms with van der Waals surface area (Å²) < 4.78 is 1.59. The van der Waals surface area contributed by atoms with E-state index in [2.05, 4.69) is 5.10 Å². The summed E-state index contributed by atoms with van der Waals surface area (Å²) in [4.78, 5) is 0. The van der Waals surface area contributed by atoms with E-state index in [0.29, 0.717) is 11.2 Å². The zero-order valence-corrected chi connectivity index (χ0v) is 8.13. The third-order valence-electron chi connectivity index (χ3n) is 1.54. The maximum absolute atomic E-state index is 8.77. The highest BCUT2D eigenvalue weighted by molar-refractivity contribution is 6.33. The van der Waals surface area contributed by atoms with Crippen LogP contribution in [0.25, 0.3) is 0 Å². The van der Waals surface area contributed by atoms with E-state index in [-0.39, 0.29) is 6.61 Å². The molecule has 0 aliphatic carbocycles. The van der Waals surface area contributed by atoms with Crippen LogP contribution in [0.5, 0.6) is 0 Å². The maximum atomic E-state index is 8.77. The number of aromatic nitrogens is 2. The lowest BCUT2D eigenvalue weighted by molar-refractivity contribution is 0.271. The number of aryl methyl sites for hydroxylation is 2. The highest BCUT2D eigenvalue weighted by Crippen LogP contribution is 1.95. The highest BCUT2D eigenvalue weighted by atomic mass is 16.3. The molecule has 0 amide bonds. The molecule has 1 heterocycles. The fourth-order valence-electron chi connectivity index (χ4n) is 0.910. The molecule has 0 fully saturated rings. The van der Waals surface area contributed by atoms with Crippen molar-refractivity contribution >= 4 is 13.3 Å². The Kier molecular flexibility index (Phi) is 4.67. The Hall–Kier alpha value is -0.765. The zero-order chi connectivity index (χ0) is 9.72. The Morgan fingerprint density at radius 1 is 1.50 bits per heavy atom. The molecule has 0 saturated carbocycles. The van der Waals surface area contributed by atoms with Gasteiger partial charge >= 0.3 is 0 Å². The fourth-order valence-corrected chi connectivity index (χ4v) is 0.910. The maximum Gasteiger partial charge on any atom is 0.119 e. The molecule has 0 aromatic carbocycles. The Morgan fingerprint density at radius 2 is 2.00 bits per heavy atom. The van der Waals surface area contributed by atoms with E-state index in [1.54, 1.807) is 11.7 Å². The predicted octanol–water partition coefficient (Wildman–Crippen LogP) is 0.0408. The molecule has 66 valence electrons. The molecule has 1 aromatic rings. The summed E-state index contributed by atoms with van der Waals surface area (Å²) >= 11 is 0. The number of aliphatic hydroxyl groups excluding tert-OH is 1. The summed E-state index contributed by atoms with van der Waals surface area (Å²) in [7, 11) is 7.33. The summed E-state index contributed by atoms with van der Waals surface area (Å²) in [6.07, 6.45) is 0. The summed E-state index contributed by atoms with van der Waals surface area (Å²) in [5.41, 5.74) is 2.04. The Balaban J connectivity index is 0.000000561. The Labute approximate surface area is 74.8 Å². The van der Waals surface area contributed by atoms with Gasteiger partial charge in [-0.1, -0.05) is 19.3 Å². The van der Waals surface area contributed by atoms with Gasteiger partial charge in [0.2, 0.25) is 0 Å². The van der Waals surface area contributed by atoms with E-state index in [9.17, 15) is 0 Å². The quantitative estimate of drug-likeness (QED) is 0.598. The minimum Gasteiger partial charge on any atom is -0.390 e. The van der Waals surface area contributed by atoms with Crippen molar-refractivity contribution in [3.63, 3.8) is 0 Å². The molecule has 1 aromatic heterocycles. The summed E-state index contributed by atoms with van der Waals surface area (Å²) in [5.74, 6) is 0. The van der Waals surface area contributed by atoms with Gasteiger partial charge in [0.25, 0.3) is 0 Å². The molecule has 0 saturated heterocycles. The van der Waals surface area contributed by atoms with Crippen molar-refractivity contribution in [1.82, 2.24) is 9.78 Å². The molecule has 2 radical (unpaired) electrons. The molecule has 1 N–H and O–H groups in total. The van der Waals surface area contributed by atoms with Crippen molar-refractivity contribution in [3.8, 4) is 0 Å². The minimum atomic E-state index is -0.0524. The van der Waals surface area contributed by atoms with Gasteiger partial charge in [0.1, 0.15) is 7.85 Å². The third kappa shape index (κ3) is 2.11. The summed E-state index contributed by atoms with van der Waals surface area (Å²) in [5, 5.41) is 12.8. The van der Waals surface area contributed by atoms with Crippen LogP contribution < -0.4 is 5.46 Å². The summed E-state index contributed by atoms with van der Waals surface area (Å²) in [6, 6.07) is 0. The van der Waals surface area contributed by atoms with Crippen LogP contribution in [0, 0.1) is 6.92 Å². The molecular weight excluding hydrogens is 151 g/mol. The van der Waals surface area contributed by atoms with E-state index >= 15 is 0 Å². The molecule has 0 bridgehead atoms. The number of aliphatic hydroxyl groups is 1. The van der Waals surface area contributed by atoms with Crippen LogP contribution >= 0.6 is 0 Å². The molecule has 0 aliphatic heterocycles.